The number of para-hydroxylation sites is 1. The van der Waals surface area contributed by atoms with Crippen LogP contribution in [0.25, 0.3) is 10.9 Å². The summed E-state index contributed by atoms with van der Waals surface area (Å²) in [6, 6.07) is 25.3. The maximum atomic E-state index is 11.6. The second-order valence-corrected chi connectivity index (χ2v) is 9.05. The first-order valence-electron chi connectivity index (χ1n) is 12.3. The molecule has 0 radical (unpaired) electrons. The molecule has 0 saturated carbocycles. The number of hydrogen-bond donors (Lipinski definition) is 3. The van der Waals surface area contributed by atoms with E-state index < -0.39 is 6.04 Å². The van der Waals surface area contributed by atoms with Crippen molar-refractivity contribution in [3.05, 3.63) is 113 Å². The third-order valence-corrected chi connectivity index (χ3v) is 6.62. The standard InChI is InChI=1S/C29H30N6O2/c1-37-23-13-11-21(12-14-23)18-35-28(25(30)16-22-17-31-26-10-6-5-9-24(22)26)33-34-29(35)27(32-19-36)15-20-7-3-2-4-8-20/h2-14,17,19,25,27,31H,15-16,18,30H2,1H3,(H,32,36)/t25-,27-/m1/s1. The zero-order valence-corrected chi connectivity index (χ0v) is 20.7. The van der Waals surface area contributed by atoms with Crippen LogP contribution in [0.4, 0.5) is 0 Å². The Hall–Kier alpha value is -4.43. The minimum Gasteiger partial charge on any atom is -0.497 e. The van der Waals surface area contributed by atoms with Gasteiger partial charge in [-0.2, -0.15) is 0 Å². The number of amides is 1. The van der Waals surface area contributed by atoms with Gasteiger partial charge in [-0.3, -0.25) is 4.79 Å². The lowest BCUT2D eigenvalue weighted by Crippen LogP contribution is -2.27. The van der Waals surface area contributed by atoms with Crippen LogP contribution in [0.1, 0.15) is 40.4 Å². The van der Waals surface area contributed by atoms with Crippen molar-refractivity contribution in [3.8, 4) is 5.75 Å². The number of carbonyl (C=O) groups is 1. The van der Waals surface area contributed by atoms with E-state index in [0.29, 0.717) is 37.4 Å². The highest BCUT2D eigenvalue weighted by atomic mass is 16.5. The summed E-state index contributed by atoms with van der Waals surface area (Å²) in [7, 11) is 1.65. The first kappa shape index (κ1) is 24.3. The molecule has 5 aromatic rings. The Morgan fingerprint density at radius 1 is 0.946 bits per heavy atom. The van der Waals surface area contributed by atoms with Crippen molar-refractivity contribution in [3.63, 3.8) is 0 Å². The number of nitrogens with two attached hydrogens (primary N) is 1. The zero-order valence-electron chi connectivity index (χ0n) is 20.7. The summed E-state index contributed by atoms with van der Waals surface area (Å²) in [5.74, 6) is 2.12. The van der Waals surface area contributed by atoms with Crippen LogP contribution in [-0.2, 0) is 24.2 Å². The van der Waals surface area contributed by atoms with Crippen molar-refractivity contribution < 1.29 is 9.53 Å². The van der Waals surface area contributed by atoms with Gasteiger partial charge in [0, 0.05) is 17.1 Å². The van der Waals surface area contributed by atoms with Crippen molar-refractivity contribution in [2.75, 3.05) is 7.11 Å². The van der Waals surface area contributed by atoms with Gasteiger partial charge >= 0.3 is 0 Å². The molecule has 3 aromatic carbocycles. The summed E-state index contributed by atoms with van der Waals surface area (Å²) in [5, 5.41) is 13.2. The van der Waals surface area contributed by atoms with Gasteiger partial charge < -0.3 is 25.3 Å². The number of benzene rings is 3. The van der Waals surface area contributed by atoms with Gasteiger partial charge in [-0.15, -0.1) is 10.2 Å². The number of ether oxygens (including phenoxy) is 1. The molecule has 0 fully saturated rings. The fourth-order valence-electron chi connectivity index (χ4n) is 4.72. The van der Waals surface area contributed by atoms with Crippen molar-refractivity contribution in [1.29, 1.82) is 0 Å². The Balaban J connectivity index is 1.51. The summed E-state index contributed by atoms with van der Waals surface area (Å²) < 4.78 is 7.35. The minimum absolute atomic E-state index is 0.361. The van der Waals surface area contributed by atoms with E-state index in [0.717, 1.165) is 33.3 Å². The average molecular weight is 495 g/mol. The van der Waals surface area contributed by atoms with Crippen molar-refractivity contribution >= 4 is 17.3 Å². The molecule has 37 heavy (non-hydrogen) atoms. The number of nitrogens with one attached hydrogen (secondary N) is 2. The number of hydrogen-bond acceptors (Lipinski definition) is 5. The molecular formula is C29H30N6O2. The SMILES string of the molecule is COc1ccc(Cn2c([C@H](N)Cc3c[nH]c4ccccc34)nnc2[C@@H](Cc2ccccc2)NC=O)cc1. The molecule has 1 amide bonds. The molecular weight excluding hydrogens is 464 g/mol. The number of carbonyl (C=O) groups excluding carboxylic acids is 1. The fraction of sp³-hybridized carbons (Fsp3) is 0.207. The molecule has 2 atom stereocenters. The number of nitrogens with zero attached hydrogens (tertiary/aromatic N) is 3. The monoisotopic (exact) mass is 494 g/mol. The number of aromatic nitrogens is 4. The molecule has 0 aliphatic carbocycles. The zero-order chi connectivity index (χ0) is 25.6. The number of methoxy groups -OCH3 is 1. The third kappa shape index (κ3) is 5.39. The molecule has 0 saturated heterocycles. The second kappa shape index (κ2) is 11.1. The maximum absolute atomic E-state index is 11.6. The summed E-state index contributed by atoms with van der Waals surface area (Å²) in [6.45, 7) is 0.509. The number of fused-ring (bicyclic) bond motifs is 1. The van der Waals surface area contributed by atoms with Gasteiger partial charge in [-0.25, -0.2) is 0 Å². The maximum Gasteiger partial charge on any atom is 0.207 e. The molecule has 8 heteroatoms. The van der Waals surface area contributed by atoms with E-state index in [1.54, 1.807) is 7.11 Å². The molecule has 8 nitrogen and oxygen atoms in total. The van der Waals surface area contributed by atoms with E-state index in [1.807, 2.05) is 83.6 Å². The number of H-pyrrole nitrogens is 1. The largest absolute Gasteiger partial charge is 0.497 e. The predicted octanol–water partition coefficient (Wildman–Crippen LogP) is 4.09. The van der Waals surface area contributed by atoms with Crippen molar-refractivity contribution in [1.82, 2.24) is 25.1 Å². The lowest BCUT2D eigenvalue weighted by atomic mass is 10.0. The van der Waals surface area contributed by atoms with Gasteiger partial charge in [0.25, 0.3) is 0 Å². The van der Waals surface area contributed by atoms with Gasteiger partial charge in [0.1, 0.15) is 5.75 Å². The van der Waals surface area contributed by atoms with Crippen LogP contribution < -0.4 is 15.8 Å². The predicted molar refractivity (Wildman–Crippen MR) is 143 cm³/mol. The molecule has 0 spiro atoms. The summed E-state index contributed by atoms with van der Waals surface area (Å²) >= 11 is 0. The summed E-state index contributed by atoms with van der Waals surface area (Å²) in [4.78, 5) is 14.9. The number of rotatable bonds is 11. The topological polar surface area (TPSA) is 111 Å². The van der Waals surface area contributed by atoms with Gasteiger partial charge in [0.2, 0.25) is 6.41 Å². The molecule has 4 N–H and O–H groups in total. The summed E-state index contributed by atoms with van der Waals surface area (Å²) in [6.07, 6.45) is 3.89. The lowest BCUT2D eigenvalue weighted by molar-refractivity contribution is -0.110. The Bertz CT molecular complexity index is 1460. The van der Waals surface area contributed by atoms with Crippen LogP contribution >= 0.6 is 0 Å². The van der Waals surface area contributed by atoms with E-state index in [9.17, 15) is 4.79 Å². The van der Waals surface area contributed by atoms with Gasteiger partial charge in [-0.1, -0.05) is 60.7 Å². The second-order valence-electron chi connectivity index (χ2n) is 9.05. The first-order valence-corrected chi connectivity index (χ1v) is 12.3. The van der Waals surface area contributed by atoms with Gasteiger partial charge in [0.15, 0.2) is 11.6 Å². The van der Waals surface area contributed by atoms with Gasteiger partial charge in [0.05, 0.1) is 25.7 Å². The van der Waals surface area contributed by atoms with Crippen molar-refractivity contribution in [2.24, 2.45) is 5.73 Å². The van der Waals surface area contributed by atoms with Gasteiger partial charge in [-0.05, 0) is 47.7 Å². The number of aromatic amines is 1. The van der Waals surface area contributed by atoms with E-state index in [2.05, 4.69) is 26.6 Å². The van der Waals surface area contributed by atoms with E-state index in [4.69, 9.17) is 10.5 Å². The van der Waals surface area contributed by atoms with Crippen LogP contribution in [0.15, 0.2) is 85.1 Å². The first-order chi connectivity index (χ1) is 18.2. The summed E-state index contributed by atoms with van der Waals surface area (Å²) in [5.41, 5.74) is 11.1. The molecule has 188 valence electrons. The molecule has 2 aromatic heterocycles. The van der Waals surface area contributed by atoms with Crippen LogP contribution in [-0.4, -0.2) is 33.3 Å². The molecule has 0 aliphatic rings. The quantitative estimate of drug-likeness (QED) is 0.240. The molecule has 0 bridgehead atoms. The average Bonchev–Trinajstić information content (AvgIpc) is 3.54. The Labute approximate surface area is 215 Å². The van der Waals surface area contributed by atoms with E-state index in [-0.39, 0.29) is 6.04 Å². The van der Waals surface area contributed by atoms with Crippen molar-refractivity contribution in [2.45, 2.75) is 31.5 Å². The van der Waals surface area contributed by atoms with E-state index in [1.165, 1.54) is 0 Å². The highest BCUT2D eigenvalue weighted by Crippen LogP contribution is 2.26. The highest BCUT2D eigenvalue weighted by Gasteiger charge is 2.25. The molecule has 5 rings (SSSR count). The van der Waals surface area contributed by atoms with Crippen LogP contribution in [0.5, 0.6) is 5.75 Å². The normalized spacial score (nSPS) is 12.8. The van der Waals surface area contributed by atoms with Crippen LogP contribution in [0.3, 0.4) is 0 Å². The molecule has 0 unspecified atom stereocenters. The molecule has 0 aliphatic heterocycles. The van der Waals surface area contributed by atoms with E-state index >= 15 is 0 Å². The van der Waals surface area contributed by atoms with Crippen LogP contribution in [0.2, 0.25) is 0 Å². The minimum atomic E-state index is -0.396. The lowest BCUT2D eigenvalue weighted by Gasteiger charge is -2.20. The van der Waals surface area contributed by atoms with Crippen LogP contribution in [0, 0.1) is 0 Å². The molecule has 2 heterocycles. The smallest absolute Gasteiger partial charge is 0.207 e. The Kier molecular flexibility index (Phi) is 7.28. The Morgan fingerprint density at radius 3 is 2.43 bits per heavy atom. The third-order valence-electron chi connectivity index (χ3n) is 6.62. The highest BCUT2D eigenvalue weighted by molar-refractivity contribution is 5.83. The Morgan fingerprint density at radius 2 is 1.68 bits per heavy atom. The fourth-order valence-corrected chi connectivity index (χ4v) is 4.72.